The summed E-state index contributed by atoms with van der Waals surface area (Å²) in [5, 5.41) is 11.7. The summed E-state index contributed by atoms with van der Waals surface area (Å²) in [7, 11) is 0. The van der Waals surface area contributed by atoms with Gasteiger partial charge in [0.05, 0.1) is 18.8 Å². The molecule has 2 aliphatic heterocycles. The molecule has 1 amide bonds. The smallest absolute Gasteiger partial charge is 0.276 e. The molecule has 3 heterocycles. The number of carbonyl (C=O) groups excluding carboxylic acids is 1. The quantitative estimate of drug-likeness (QED) is 0.827. The molecule has 28 heavy (non-hydrogen) atoms. The highest BCUT2D eigenvalue weighted by atomic mass is 35.5. The van der Waals surface area contributed by atoms with Crippen LogP contribution in [0.25, 0.3) is 0 Å². The number of benzene rings is 1. The topological polar surface area (TPSA) is 72.3 Å². The van der Waals surface area contributed by atoms with Gasteiger partial charge < -0.3 is 15.0 Å². The molecular formula is C20H28ClN5O2. The van der Waals surface area contributed by atoms with Crippen molar-refractivity contribution >= 4 is 18.3 Å². The number of carbonyl (C=O) groups is 1. The number of piperidine rings is 2. The van der Waals surface area contributed by atoms with Crippen LogP contribution < -0.4 is 10.1 Å². The van der Waals surface area contributed by atoms with Gasteiger partial charge in [-0.3, -0.25) is 4.79 Å². The average Bonchev–Trinajstić information content (AvgIpc) is 3.24. The zero-order valence-electron chi connectivity index (χ0n) is 16.0. The SMILES string of the molecule is Cl.O=C(c1cn(C2CCNCC2)nn1)N1CCC(COc2ccccc2)CC1. The van der Waals surface area contributed by atoms with E-state index in [1.807, 2.05) is 46.1 Å². The van der Waals surface area contributed by atoms with Gasteiger partial charge in [-0.1, -0.05) is 23.4 Å². The molecule has 0 saturated carbocycles. The predicted molar refractivity (Wildman–Crippen MR) is 109 cm³/mol. The molecule has 1 N–H and O–H groups in total. The molecule has 0 spiro atoms. The van der Waals surface area contributed by atoms with Gasteiger partial charge in [0.2, 0.25) is 0 Å². The van der Waals surface area contributed by atoms with Crippen LogP contribution in [0.5, 0.6) is 5.75 Å². The number of para-hydroxylation sites is 1. The lowest BCUT2D eigenvalue weighted by Crippen LogP contribution is -2.39. The van der Waals surface area contributed by atoms with Crippen LogP contribution in [0, 0.1) is 5.92 Å². The van der Waals surface area contributed by atoms with Crippen molar-refractivity contribution in [1.82, 2.24) is 25.2 Å². The summed E-state index contributed by atoms with van der Waals surface area (Å²) in [6.07, 6.45) is 5.80. The Labute approximate surface area is 171 Å². The molecule has 0 aliphatic carbocycles. The maximum Gasteiger partial charge on any atom is 0.276 e. The predicted octanol–water partition coefficient (Wildman–Crippen LogP) is 2.56. The van der Waals surface area contributed by atoms with Crippen LogP contribution in [0.3, 0.4) is 0 Å². The van der Waals surface area contributed by atoms with Crippen LogP contribution in [0.15, 0.2) is 36.5 Å². The van der Waals surface area contributed by atoms with E-state index in [2.05, 4.69) is 15.6 Å². The fourth-order valence-electron chi connectivity index (χ4n) is 3.82. The van der Waals surface area contributed by atoms with E-state index in [0.29, 0.717) is 24.3 Å². The first kappa shape index (κ1) is 20.6. The molecular weight excluding hydrogens is 378 g/mol. The van der Waals surface area contributed by atoms with Crippen molar-refractivity contribution < 1.29 is 9.53 Å². The van der Waals surface area contributed by atoms with Crippen LogP contribution in [-0.2, 0) is 0 Å². The van der Waals surface area contributed by atoms with Crippen LogP contribution in [0.1, 0.15) is 42.2 Å². The number of hydrogen-bond donors (Lipinski definition) is 1. The second-order valence-electron chi connectivity index (χ2n) is 7.42. The molecule has 2 saturated heterocycles. The molecule has 0 bridgehead atoms. The minimum absolute atomic E-state index is 0. The Morgan fingerprint density at radius 1 is 1.11 bits per heavy atom. The lowest BCUT2D eigenvalue weighted by Gasteiger charge is -2.31. The third kappa shape index (κ3) is 5.02. The zero-order valence-corrected chi connectivity index (χ0v) is 16.8. The van der Waals surface area contributed by atoms with E-state index in [0.717, 1.165) is 57.6 Å². The highest BCUT2D eigenvalue weighted by Gasteiger charge is 2.26. The first-order valence-corrected chi connectivity index (χ1v) is 9.89. The van der Waals surface area contributed by atoms with Gasteiger partial charge in [0.15, 0.2) is 5.69 Å². The van der Waals surface area contributed by atoms with Crippen molar-refractivity contribution in [2.75, 3.05) is 32.8 Å². The summed E-state index contributed by atoms with van der Waals surface area (Å²) in [6.45, 7) is 4.19. The van der Waals surface area contributed by atoms with E-state index in [-0.39, 0.29) is 18.3 Å². The standard InChI is InChI=1S/C20H27N5O2.ClH/c26-20(19-14-25(23-22-19)17-6-10-21-11-7-17)24-12-8-16(9-13-24)15-27-18-4-2-1-3-5-18;/h1-5,14,16-17,21H,6-13,15H2;1H. The molecule has 2 aliphatic rings. The maximum absolute atomic E-state index is 12.7. The monoisotopic (exact) mass is 405 g/mol. The summed E-state index contributed by atoms with van der Waals surface area (Å²) in [6, 6.07) is 10.2. The van der Waals surface area contributed by atoms with Crippen molar-refractivity contribution in [3.8, 4) is 5.75 Å². The molecule has 8 heteroatoms. The van der Waals surface area contributed by atoms with E-state index in [1.54, 1.807) is 0 Å². The summed E-state index contributed by atoms with van der Waals surface area (Å²) >= 11 is 0. The number of amides is 1. The lowest BCUT2D eigenvalue weighted by molar-refractivity contribution is 0.0655. The maximum atomic E-state index is 12.7. The third-order valence-electron chi connectivity index (χ3n) is 5.54. The molecule has 152 valence electrons. The number of rotatable bonds is 5. The fourth-order valence-corrected chi connectivity index (χ4v) is 3.82. The summed E-state index contributed by atoms with van der Waals surface area (Å²) in [5.41, 5.74) is 0.465. The molecule has 4 rings (SSSR count). The molecule has 1 aromatic heterocycles. The Morgan fingerprint density at radius 3 is 2.54 bits per heavy atom. The van der Waals surface area contributed by atoms with E-state index in [4.69, 9.17) is 4.74 Å². The largest absolute Gasteiger partial charge is 0.493 e. The second kappa shape index (κ2) is 9.89. The van der Waals surface area contributed by atoms with Crippen molar-refractivity contribution in [2.24, 2.45) is 5.92 Å². The minimum Gasteiger partial charge on any atom is -0.493 e. The number of hydrogen-bond acceptors (Lipinski definition) is 5. The molecule has 0 radical (unpaired) electrons. The minimum atomic E-state index is -0.00221. The van der Waals surface area contributed by atoms with Gasteiger partial charge in [-0.2, -0.15) is 0 Å². The zero-order chi connectivity index (χ0) is 18.5. The number of ether oxygens (including phenoxy) is 1. The van der Waals surface area contributed by atoms with E-state index >= 15 is 0 Å². The normalized spacial score (nSPS) is 18.5. The number of nitrogens with zero attached hydrogens (tertiary/aromatic N) is 4. The van der Waals surface area contributed by atoms with E-state index in [1.165, 1.54) is 0 Å². The van der Waals surface area contributed by atoms with Crippen LogP contribution in [-0.4, -0.2) is 58.6 Å². The molecule has 2 fully saturated rings. The molecule has 1 aromatic carbocycles. The van der Waals surface area contributed by atoms with Crippen LogP contribution >= 0.6 is 12.4 Å². The second-order valence-corrected chi connectivity index (χ2v) is 7.42. The average molecular weight is 406 g/mol. The number of nitrogens with one attached hydrogen (secondary N) is 1. The van der Waals surface area contributed by atoms with Crippen molar-refractivity contribution in [1.29, 1.82) is 0 Å². The molecule has 0 atom stereocenters. The fraction of sp³-hybridized carbons (Fsp3) is 0.550. The highest BCUT2D eigenvalue weighted by Crippen LogP contribution is 2.21. The number of aromatic nitrogens is 3. The van der Waals surface area contributed by atoms with E-state index in [9.17, 15) is 4.79 Å². The summed E-state index contributed by atoms with van der Waals surface area (Å²) in [5.74, 6) is 1.39. The van der Waals surface area contributed by atoms with Gasteiger partial charge in [0.25, 0.3) is 5.91 Å². The third-order valence-corrected chi connectivity index (χ3v) is 5.54. The molecule has 2 aromatic rings. The Bertz CT molecular complexity index is 740. The highest BCUT2D eigenvalue weighted by molar-refractivity contribution is 5.92. The number of halogens is 1. The van der Waals surface area contributed by atoms with Gasteiger partial charge in [0, 0.05) is 13.1 Å². The van der Waals surface area contributed by atoms with Gasteiger partial charge in [-0.25, -0.2) is 4.68 Å². The van der Waals surface area contributed by atoms with Crippen molar-refractivity contribution in [3.63, 3.8) is 0 Å². The van der Waals surface area contributed by atoms with E-state index < -0.39 is 0 Å². The first-order valence-electron chi connectivity index (χ1n) is 9.89. The Morgan fingerprint density at radius 2 is 1.82 bits per heavy atom. The van der Waals surface area contributed by atoms with Crippen molar-refractivity contribution in [2.45, 2.75) is 31.7 Å². The molecule has 0 unspecified atom stereocenters. The molecule has 7 nitrogen and oxygen atoms in total. The van der Waals surface area contributed by atoms with Crippen molar-refractivity contribution in [3.05, 3.63) is 42.2 Å². The Balaban J connectivity index is 0.00000225. The Hall–Kier alpha value is -2.12. The number of likely N-dealkylation sites (tertiary alicyclic amines) is 1. The Kier molecular flexibility index (Phi) is 7.28. The van der Waals surface area contributed by atoms with Gasteiger partial charge >= 0.3 is 0 Å². The lowest BCUT2D eigenvalue weighted by atomic mass is 9.97. The summed E-state index contributed by atoms with van der Waals surface area (Å²) in [4.78, 5) is 14.6. The van der Waals surface area contributed by atoms with Gasteiger partial charge in [0.1, 0.15) is 5.75 Å². The van der Waals surface area contributed by atoms with Crippen LogP contribution in [0.4, 0.5) is 0 Å². The first-order chi connectivity index (χ1) is 13.3. The van der Waals surface area contributed by atoms with Gasteiger partial charge in [-0.15, -0.1) is 17.5 Å². The van der Waals surface area contributed by atoms with Crippen LogP contribution in [0.2, 0.25) is 0 Å². The summed E-state index contributed by atoms with van der Waals surface area (Å²) < 4.78 is 7.73. The van der Waals surface area contributed by atoms with Gasteiger partial charge in [-0.05, 0) is 56.8 Å².